The van der Waals surface area contributed by atoms with Crippen molar-refractivity contribution < 1.29 is 19.1 Å². The van der Waals surface area contributed by atoms with Gasteiger partial charge in [-0.3, -0.25) is 9.59 Å². The van der Waals surface area contributed by atoms with E-state index in [1.807, 2.05) is 25.1 Å². The van der Waals surface area contributed by atoms with Crippen LogP contribution in [0, 0.1) is 6.92 Å². The van der Waals surface area contributed by atoms with E-state index in [0.29, 0.717) is 12.3 Å². The van der Waals surface area contributed by atoms with E-state index < -0.39 is 0 Å². The van der Waals surface area contributed by atoms with Crippen LogP contribution in [0.2, 0.25) is 0 Å². The van der Waals surface area contributed by atoms with Gasteiger partial charge in [0, 0.05) is 24.9 Å². The van der Waals surface area contributed by atoms with E-state index >= 15 is 0 Å². The van der Waals surface area contributed by atoms with Gasteiger partial charge in [0.2, 0.25) is 0 Å². The molecule has 0 aliphatic rings. The van der Waals surface area contributed by atoms with Crippen molar-refractivity contribution in [1.82, 2.24) is 0 Å². The maximum absolute atomic E-state index is 11.7. The average Bonchev–Trinajstić information content (AvgIpc) is 2.57. The highest BCUT2D eigenvalue weighted by atomic mass is 35.5. The fraction of sp³-hybridized carbons (Fsp3) is 0.333. The standard InChI is InChI=1S/C18H21NO4.ClH/c1-4-16(20)22-15-9-13-7-6-12(10-19)8-14(13)11(3)18(15)23-17(21)5-2;/h6-9H,4-5,10,19H2,1-3H3;1H. The van der Waals surface area contributed by atoms with E-state index in [4.69, 9.17) is 15.2 Å². The number of aryl methyl sites for hydroxylation is 1. The first-order valence-corrected chi connectivity index (χ1v) is 7.67. The molecule has 2 aromatic carbocycles. The highest BCUT2D eigenvalue weighted by Crippen LogP contribution is 2.38. The van der Waals surface area contributed by atoms with E-state index in [1.54, 1.807) is 19.9 Å². The summed E-state index contributed by atoms with van der Waals surface area (Å²) in [7, 11) is 0. The zero-order chi connectivity index (χ0) is 17.0. The van der Waals surface area contributed by atoms with Gasteiger partial charge in [-0.05, 0) is 35.4 Å². The third-order valence-corrected chi connectivity index (χ3v) is 3.63. The van der Waals surface area contributed by atoms with Crippen molar-refractivity contribution in [3.05, 3.63) is 35.4 Å². The van der Waals surface area contributed by atoms with Crippen molar-refractivity contribution in [2.75, 3.05) is 0 Å². The maximum Gasteiger partial charge on any atom is 0.311 e. The van der Waals surface area contributed by atoms with Crippen LogP contribution in [-0.4, -0.2) is 11.9 Å². The lowest BCUT2D eigenvalue weighted by Gasteiger charge is -2.15. The van der Waals surface area contributed by atoms with E-state index in [-0.39, 0.29) is 42.9 Å². The molecule has 0 fully saturated rings. The van der Waals surface area contributed by atoms with Crippen LogP contribution in [0.3, 0.4) is 0 Å². The van der Waals surface area contributed by atoms with Crippen LogP contribution < -0.4 is 15.2 Å². The Hall–Kier alpha value is -2.11. The van der Waals surface area contributed by atoms with Gasteiger partial charge in [-0.15, -0.1) is 12.4 Å². The molecule has 0 amide bonds. The Labute approximate surface area is 147 Å². The van der Waals surface area contributed by atoms with Crippen LogP contribution in [0.15, 0.2) is 24.3 Å². The lowest BCUT2D eigenvalue weighted by atomic mass is 10.0. The SMILES string of the molecule is CCC(=O)Oc1cc2ccc(CN)cc2c(C)c1OC(=O)CC.Cl. The Morgan fingerprint density at radius 1 is 1.04 bits per heavy atom. The number of fused-ring (bicyclic) bond motifs is 1. The minimum absolute atomic E-state index is 0. The lowest BCUT2D eigenvalue weighted by Crippen LogP contribution is -2.11. The molecule has 0 spiro atoms. The fourth-order valence-corrected chi connectivity index (χ4v) is 2.28. The molecule has 0 unspecified atom stereocenters. The largest absolute Gasteiger partial charge is 0.422 e. The predicted octanol–water partition coefficient (Wildman–Crippen LogP) is 3.66. The summed E-state index contributed by atoms with van der Waals surface area (Å²) in [5.41, 5.74) is 7.42. The molecule has 0 saturated heterocycles. The van der Waals surface area contributed by atoms with Gasteiger partial charge >= 0.3 is 11.9 Å². The monoisotopic (exact) mass is 351 g/mol. The van der Waals surface area contributed by atoms with Gasteiger partial charge < -0.3 is 15.2 Å². The van der Waals surface area contributed by atoms with Crippen LogP contribution in [0.5, 0.6) is 11.5 Å². The second-order valence-electron chi connectivity index (χ2n) is 5.24. The number of ether oxygens (including phenoxy) is 2. The number of nitrogens with two attached hydrogens (primary N) is 1. The third kappa shape index (κ3) is 4.24. The van der Waals surface area contributed by atoms with E-state index in [2.05, 4.69) is 0 Å². The maximum atomic E-state index is 11.7. The van der Waals surface area contributed by atoms with Crippen LogP contribution in [0.1, 0.15) is 37.8 Å². The van der Waals surface area contributed by atoms with Crippen LogP contribution >= 0.6 is 12.4 Å². The number of rotatable bonds is 5. The Bertz CT molecular complexity index is 758. The molecule has 0 aliphatic carbocycles. The molecule has 0 saturated carbocycles. The van der Waals surface area contributed by atoms with Gasteiger partial charge in [-0.2, -0.15) is 0 Å². The molecule has 2 N–H and O–H groups in total. The lowest BCUT2D eigenvalue weighted by molar-refractivity contribution is -0.136. The first-order valence-electron chi connectivity index (χ1n) is 7.67. The molecule has 5 nitrogen and oxygen atoms in total. The fourth-order valence-electron chi connectivity index (χ4n) is 2.28. The van der Waals surface area contributed by atoms with Crippen LogP contribution in [-0.2, 0) is 16.1 Å². The molecule has 2 rings (SSSR count). The molecule has 6 heteroatoms. The average molecular weight is 352 g/mol. The minimum atomic E-state index is -0.379. The molecule has 130 valence electrons. The number of carbonyl (C=O) groups excluding carboxylic acids is 2. The van der Waals surface area contributed by atoms with Gasteiger partial charge in [0.15, 0.2) is 11.5 Å². The Morgan fingerprint density at radius 3 is 2.25 bits per heavy atom. The van der Waals surface area contributed by atoms with Crippen molar-refractivity contribution in [3.63, 3.8) is 0 Å². The minimum Gasteiger partial charge on any atom is -0.422 e. The first kappa shape index (κ1) is 19.9. The van der Waals surface area contributed by atoms with E-state index in [9.17, 15) is 9.59 Å². The summed E-state index contributed by atoms with van der Waals surface area (Å²) in [4.78, 5) is 23.4. The highest BCUT2D eigenvalue weighted by Gasteiger charge is 2.18. The summed E-state index contributed by atoms with van der Waals surface area (Å²) in [6.45, 7) is 5.68. The first-order chi connectivity index (χ1) is 11.0. The van der Waals surface area contributed by atoms with Crippen molar-refractivity contribution in [2.24, 2.45) is 5.73 Å². The molecular formula is C18H22ClNO4. The Morgan fingerprint density at radius 2 is 1.67 bits per heavy atom. The van der Waals surface area contributed by atoms with Gasteiger partial charge in [0.1, 0.15) is 0 Å². The molecule has 0 aromatic heterocycles. The number of halogens is 1. The number of hydrogen-bond acceptors (Lipinski definition) is 5. The predicted molar refractivity (Wildman–Crippen MR) is 95.7 cm³/mol. The number of esters is 2. The summed E-state index contributed by atoms with van der Waals surface area (Å²) < 4.78 is 10.7. The summed E-state index contributed by atoms with van der Waals surface area (Å²) in [6.07, 6.45) is 0.478. The van der Waals surface area contributed by atoms with Gasteiger partial charge in [0.25, 0.3) is 0 Å². The molecule has 0 heterocycles. The molecule has 2 aromatic rings. The van der Waals surface area contributed by atoms with E-state index in [1.165, 1.54) is 0 Å². The second kappa shape index (κ2) is 8.66. The Kier molecular flexibility index (Phi) is 7.19. The highest BCUT2D eigenvalue weighted by molar-refractivity contribution is 5.92. The summed E-state index contributed by atoms with van der Waals surface area (Å²) in [6, 6.07) is 7.51. The van der Waals surface area contributed by atoms with Crippen molar-refractivity contribution in [2.45, 2.75) is 40.2 Å². The quantitative estimate of drug-likeness (QED) is 0.657. The number of benzene rings is 2. The molecule has 0 aliphatic heterocycles. The second-order valence-corrected chi connectivity index (χ2v) is 5.24. The number of hydrogen-bond donors (Lipinski definition) is 1. The van der Waals surface area contributed by atoms with Crippen molar-refractivity contribution in [3.8, 4) is 11.5 Å². The topological polar surface area (TPSA) is 78.6 Å². The zero-order valence-corrected chi connectivity index (χ0v) is 14.9. The van der Waals surface area contributed by atoms with Crippen molar-refractivity contribution in [1.29, 1.82) is 0 Å². The van der Waals surface area contributed by atoms with Gasteiger partial charge in [0.05, 0.1) is 0 Å². The van der Waals surface area contributed by atoms with E-state index in [0.717, 1.165) is 21.9 Å². The molecule has 24 heavy (non-hydrogen) atoms. The summed E-state index contributed by atoms with van der Waals surface area (Å²) in [5, 5.41) is 1.82. The molecular weight excluding hydrogens is 330 g/mol. The molecule has 0 bridgehead atoms. The zero-order valence-electron chi connectivity index (χ0n) is 14.0. The number of carbonyl (C=O) groups is 2. The van der Waals surface area contributed by atoms with Gasteiger partial charge in [-0.1, -0.05) is 26.0 Å². The third-order valence-electron chi connectivity index (χ3n) is 3.63. The summed E-state index contributed by atoms with van der Waals surface area (Å²) >= 11 is 0. The summed E-state index contributed by atoms with van der Waals surface area (Å²) in [5.74, 6) is -0.197. The molecule has 0 atom stereocenters. The van der Waals surface area contributed by atoms with Crippen LogP contribution in [0.25, 0.3) is 10.8 Å². The van der Waals surface area contributed by atoms with Crippen LogP contribution in [0.4, 0.5) is 0 Å². The van der Waals surface area contributed by atoms with Gasteiger partial charge in [-0.25, -0.2) is 0 Å². The van der Waals surface area contributed by atoms with Crippen molar-refractivity contribution >= 4 is 35.1 Å². The molecule has 0 radical (unpaired) electrons. The Balaban J connectivity index is 0.00000288. The smallest absolute Gasteiger partial charge is 0.311 e. The normalized spacial score (nSPS) is 10.2.